The van der Waals surface area contributed by atoms with E-state index in [9.17, 15) is 9.59 Å². The van der Waals surface area contributed by atoms with Gasteiger partial charge in [-0.05, 0) is 61.6 Å². The van der Waals surface area contributed by atoms with E-state index in [2.05, 4.69) is 26.0 Å². The highest BCUT2D eigenvalue weighted by Crippen LogP contribution is 2.28. The quantitative estimate of drug-likeness (QED) is 0.190. The SMILES string of the molecule is CCCCCCN(C(=O)CCc1ccccc1)C(CC)c1nc2ccccc2c(=O)n1-c1cccc(C)c1. The molecule has 0 saturated carbocycles. The van der Waals surface area contributed by atoms with E-state index in [1.54, 1.807) is 4.57 Å². The molecule has 4 rings (SSSR count). The molecule has 5 nitrogen and oxygen atoms in total. The zero-order valence-corrected chi connectivity index (χ0v) is 22.9. The summed E-state index contributed by atoms with van der Waals surface area (Å²) >= 11 is 0. The first-order valence-electron chi connectivity index (χ1n) is 14.0. The normalized spacial score (nSPS) is 12.0. The Balaban J connectivity index is 1.79. The first-order valence-corrected chi connectivity index (χ1v) is 14.0. The summed E-state index contributed by atoms with van der Waals surface area (Å²) in [6.45, 7) is 6.95. The van der Waals surface area contributed by atoms with Crippen molar-refractivity contribution in [3.8, 4) is 5.69 Å². The molecular formula is C33H39N3O2. The van der Waals surface area contributed by atoms with Gasteiger partial charge in [-0.15, -0.1) is 0 Å². The molecule has 0 aliphatic heterocycles. The highest BCUT2D eigenvalue weighted by molar-refractivity contribution is 5.79. The highest BCUT2D eigenvalue weighted by Gasteiger charge is 2.28. The summed E-state index contributed by atoms with van der Waals surface area (Å²) in [4.78, 5) is 34.8. The van der Waals surface area contributed by atoms with E-state index in [0.717, 1.165) is 42.5 Å². The smallest absolute Gasteiger partial charge is 0.266 e. The van der Waals surface area contributed by atoms with Crippen LogP contribution in [0.25, 0.3) is 16.6 Å². The van der Waals surface area contributed by atoms with E-state index in [4.69, 9.17) is 4.98 Å². The van der Waals surface area contributed by atoms with Crippen molar-refractivity contribution in [1.82, 2.24) is 14.5 Å². The van der Waals surface area contributed by atoms with Crippen molar-refractivity contribution >= 4 is 16.8 Å². The fourth-order valence-corrected chi connectivity index (χ4v) is 5.14. The summed E-state index contributed by atoms with van der Waals surface area (Å²) in [5, 5.41) is 0.581. The molecule has 3 aromatic carbocycles. The molecule has 0 N–H and O–H groups in total. The number of nitrogens with zero attached hydrogens (tertiary/aromatic N) is 3. The standard InChI is InChI=1S/C33H39N3O2/c1-4-6-7-13-23-35(31(37)22-21-26-16-9-8-10-17-26)30(5-2)32-34-29-20-12-11-19-28(29)33(38)36(32)27-18-14-15-25(3)24-27/h8-12,14-20,24,30H,4-7,13,21-23H2,1-3H3. The number of fused-ring (bicyclic) bond motifs is 1. The summed E-state index contributed by atoms with van der Waals surface area (Å²) in [5.74, 6) is 0.737. The van der Waals surface area contributed by atoms with Crippen LogP contribution in [0.2, 0.25) is 0 Å². The summed E-state index contributed by atoms with van der Waals surface area (Å²) in [6.07, 6.45) is 6.08. The second-order valence-corrected chi connectivity index (χ2v) is 10.0. The topological polar surface area (TPSA) is 55.2 Å². The molecule has 4 aromatic rings. The molecule has 38 heavy (non-hydrogen) atoms. The molecule has 0 bridgehead atoms. The van der Waals surface area contributed by atoms with Crippen LogP contribution in [0.5, 0.6) is 0 Å². The van der Waals surface area contributed by atoms with Crippen LogP contribution in [0.15, 0.2) is 83.7 Å². The van der Waals surface area contributed by atoms with Crippen LogP contribution < -0.4 is 5.56 Å². The van der Waals surface area contributed by atoms with Crippen LogP contribution >= 0.6 is 0 Å². The third kappa shape index (κ3) is 6.39. The Morgan fingerprint density at radius 3 is 2.42 bits per heavy atom. The number of carbonyl (C=O) groups excluding carboxylic acids is 1. The molecule has 0 saturated heterocycles. The number of hydrogen-bond donors (Lipinski definition) is 0. The number of para-hydroxylation sites is 1. The van der Waals surface area contributed by atoms with Gasteiger partial charge in [-0.25, -0.2) is 4.98 Å². The fraction of sp³-hybridized carbons (Fsp3) is 0.364. The average molecular weight is 510 g/mol. The first-order chi connectivity index (χ1) is 18.5. The van der Waals surface area contributed by atoms with Gasteiger partial charge in [0.15, 0.2) is 0 Å². The van der Waals surface area contributed by atoms with Crippen LogP contribution in [-0.2, 0) is 11.2 Å². The molecule has 1 atom stereocenters. The van der Waals surface area contributed by atoms with Crippen molar-refractivity contribution in [2.75, 3.05) is 6.54 Å². The van der Waals surface area contributed by atoms with Crippen molar-refractivity contribution in [2.24, 2.45) is 0 Å². The van der Waals surface area contributed by atoms with Gasteiger partial charge in [0.05, 0.1) is 22.6 Å². The van der Waals surface area contributed by atoms with Crippen molar-refractivity contribution in [1.29, 1.82) is 0 Å². The van der Waals surface area contributed by atoms with Gasteiger partial charge in [0.1, 0.15) is 5.82 Å². The van der Waals surface area contributed by atoms with Crippen LogP contribution in [0, 0.1) is 6.92 Å². The molecule has 1 aromatic heterocycles. The maximum atomic E-state index is 13.9. The average Bonchev–Trinajstić information content (AvgIpc) is 2.94. The molecule has 1 unspecified atom stereocenters. The Morgan fingerprint density at radius 1 is 0.921 bits per heavy atom. The van der Waals surface area contributed by atoms with E-state index < -0.39 is 0 Å². The van der Waals surface area contributed by atoms with Gasteiger partial charge < -0.3 is 4.90 Å². The molecular weight excluding hydrogens is 470 g/mol. The lowest BCUT2D eigenvalue weighted by atomic mass is 10.1. The summed E-state index contributed by atoms with van der Waals surface area (Å²) in [7, 11) is 0. The van der Waals surface area contributed by atoms with Crippen molar-refractivity contribution < 1.29 is 4.79 Å². The van der Waals surface area contributed by atoms with Crippen LogP contribution in [0.3, 0.4) is 0 Å². The second-order valence-electron chi connectivity index (χ2n) is 10.0. The Bertz CT molecular complexity index is 1410. The zero-order chi connectivity index (χ0) is 26.9. The van der Waals surface area contributed by atoms with E-state index in [0.29, 0.717) is 42.5 Å². The van der Waals surface area contributed by atoms with Gasteiger partial charge in [-0.3, -0.25) is 14.2 Å². The number of aromatic nitrogens is 2. The molecule has 0 aliphatic carbocycles. The minimum Gasteiger partial charge on any atom is -0.332 e. The molecule has 198 valence electrons. The third-order valence-electron chi connectivity index (χ3n) is 7.17. The Kier molecular flexibility index (Phi) is 9.47. The molecule has 0 aliphatic rings. The molecule has 0 radical (unpaired) electrons. The first kappa shape index (κ1) is 27.3. The minimum absolute atomic E-state index is 0.0997. The lowest BCUT2D eigenvalue weighted by molar-refractivity contribution is -0.134. The fourth-order valence-electron chi connectivity index (χ4n) is 5.14. The zero-order valence-electron chi connectivity index (χ0n) is 22.9. The number of unbranched alkanes of at least 4 members (excludes halogenated alkanes) is 3. The number of aryl methyl sites for hydroxylation is 2. The number of carbonyl (C=O) groups is 1. The van der Waals surface area contributed by atoms with E-state index in [1.807, 2.05) is 78.6 Å². The lowest BCUT2D eigenvalue weighted by Crippen LogP contribution is -2.39. The number of benzene rings is 3. The monoisotopic (exact) mass is 509 g/mol. The second kappa shape index (κ2) is 13.2. The van der Waals surface area contributed by atoms with E-state index in [-0.39, 0.29) is 17.5 Å². The minimum atomic E-state index is -0.308. The largest absolute Gasteiger partial charge is 0.332 e. The molecule has 1 amide bonds. The van der Waals surface area contributed by atoms with Crippen molar-refractivity contribution in [2.45, 2.75) is 71.8 Å². The van der Waals surface area contributed by atoms with Crippen molar-refractivity contribution in [3.63, 3.8) is 0 Å². The van der Waals surface area contributed by atoms with Crippen molar-refractivity contribution in [3.05, 3.63) is 106 Å². The van der Waals surface area contributed by atoms with Gasteiger partial charge in [0.25, 0.3) is 5.56 Å². The maximum absolute atomic E-state index is 13.9. The summed E-state index contributed by atoms with van der Waals surface area (Å²) < 4.78 is 1.73. The molecule has 0 spiro atoms. The predicted molar refractivity (Wildman–Crippen MR) is 156 cm³/mol. The molecule has 1 heterocycles. The van der Waals surface area contributed by atoms with Crippen LogP contribution in [-0.4, -0.2) is 26.9 Å². The Labute approximate surface area is 226 Å². The number of hydrogen-bond acceptors (Lipinski definition) is 3. The summed E-state index contributed by atoms with van der Waals surface area (Å²) in [5.41, 5.74) is 3.57. The Morgan fingerprint density at radius 2 is 1.68 bits per heavy atom. The predicted octanol–water partition coefficient (Wildman–Crippen LogP) is 7.19. The lowest BCUT2D eigenvalue weighted by Gasteiger charge is -2.33. The van der Waals surface area contributed by atoms with Gasteiger partial charge in [0.2, 0.25) is 5.91 Å². The number of rotatable bonds is 12. The number of amides is 1. The van der Waals surface area contributed by atoms with E-state index >= 15 is 0 Å². The van der Waals surface area contributed by atoms with Crippen LogP contribution in [0.1, 0.15) is 75.4 Å². The van der Waals surface area contributed by atoms with E-state index in [1.165, 1.54) is 0 Å². The third-order valence-corrected chi connectivity index (χ3v) is 7.17. The molecule has 0 fully saturated rings. The van der Waals surface area contributed by atoms with Crippen LogP contribution in [0.4, 0.5) is 0 Å². The Hall–Kier alpha value is -3.73. The summed E-state index contributed by atoms with van der Waals surface area (Å²) in [6, 6.07) is 25.3. The molecule has 5 heteroatoms. The maximum Gasteiger partial charge on any atom is 0.266 e. The van der Waals surface area contributed by atoms with Gasteiger partial charge in [0, 0.05) is 13.0 Å². The van der Waals surface area contributed by atoms with Gasteiger partial charge >= 0.3 is 0 Å². The van der Waals surface area contributed by atoms with Gasteiger partial charge in [-0.1, -0.05) is 87.7 Å². The van der Waals surface area contributed by atoms with Gasteiger partial charge in [-0.2, -0.15) is 0 Å². The highest BCUT2D eigenvalue weighted by atomic mass is 16.2.